The Morgan fingerprint density at radius 3 is 2.29 bits per heavy atom. The maximum absolute atomic E-state index is 11.8. The Bertz CT molecular complexity index is 513. The van der Waals surface area contributed by atoms with Crippen LogP contribution in [0.5, 0.6) is 11.5 Å². The third-order valence-corrected chi connectivity index (χ3v) is 3.03. The molecule has 1 atom stereocenters. The maximum atomic E-state index is 11.8. The van der Waals surface area contributed by atoms with Gasteiger partial charge in [-0.3, -0.25) is 9.59 Å². The zero-order chi connectivity index (χ0) is 16.0. The third-order valence-electron chi connectivity index (χ3n) is 3.03. The number of carboxylic acids is 1. The molecule has 21 heavy (non-hydrogen) atoms. The first-order valence-corrected chi connectivity index (χ1v) is 6.63. The normalized spacial score (nSPS) is 11.9. The molecule has 1 rings (SSSR count). The highest BCUT2D eigenvalue weighted by Crippen LogP contribution is 2.31. The summed E-state index contributed by atoms with van der Waals surface area (Å²) in [6.45, 7) is 3.50. The molecule has 2 N–H and O–H groups in total. The summed E-state index contributed by atoms with van der Waals surface area (Å²) >= 11 is 0. The number of nitrogens with one attached hydrogen (secondary N) is 1. The SMILES string of the molecule is COc1ccc(C(CC(=O)O)NC(=O)C(C)C)cc1OC. The zero-order valence-electron chi connectivity index (χ0n) is 12.7. The summed E-state index contributed by atoms with van der Waals surface area (Å²) in [6, 6.07) is 4.46. The number of methoxy groups -OCH3 is 2. The molecule has 0 aliphatic rings. The first-order chi connectivity index (χ1) is 9.88. The largest absolute Gasteiger partial charge is 0.493 e. The standard InChI is InChI=1S/C15H21NO5/c1-9(2)15(19)16-11(8-14(17)18)10-5-6-12(20-3)13(7-10)21-4/h5-7,9,11H,8H2,1-4H3,(H,16,19)(H,17,18). The van der Waals surface area contributed by atoms with Crippen LogP contribution in [0.4, 0.5) is 0 Å². The number of hydrogen-bond acceptors (Lipinski definition) is 4. The van der Waals surface area contributed by atoms with Crippen LogP contribution in [-0.4, -0.2) is 31.2 Å². The predicted octanol–water partition coefficient (Wildman–Crippen LogP) is 1.99. The Hall–Kier alpha value is -2.24. The van der Waals surface area contributed by atoms with Crippen molar-refractivity contribution in [1.29, 1.82) is 0 Å². The molecule has 6 heteroatoms. The van der Waals surface area contributed by atoms with Crippen molar-refractivity contribution in [3.63, 3.8) is 0 Å². The molecule has 0 spiro atoms. The molecule has 0 aromatic heterocycles. The van der Waals surface area contributed by atoms with Crippen molar-refractivity contribution < 1.29 is 24.2 Å². The molecule has 6 nitrogen and oxygen atoms in total. The van der Waals surface area contributed by atoms with E-state index >= 15 is 0 Å². The minimum absolute atomic E-state index is 0.198. The van der Waals surface area contributed by atoms with Crippen molar-refractivity contribution in [2.24, 2.45) is 5.92 Å². The van der Waals surface area contributed by atoms with Crippen molar-refractivity contribution in [1.82, 2.24) is 5.32 Å². The lowest BCUT2D eigenvalue weighted by molar-refractivity contribution is -0.137. The highest BCUT2D eigenvalue weighted by Gasteiger charge is 2.21. The van der Waals surface area contributed by atoms with Crippen molar-refractivity contribution in [3.8, 4) is 11.5 Å². The Morgan fingerprint density at radius 1 is 1.19 bits per heavy atom. The fraction of sp³-hybridized carbons (Fsp3) is 0.467. The van der Waals surface area contributed by atoms with E-state index in [0.29, 0.717) is 17.1 Å². The van der Waals surface area contributed by atoms with Crippen LogP contribution in [-0.2, 0) is 9.59 Å². The fourth-order valence-corrected chi connectivity index (χ4v) is 1.83. The van der Waals surface area contributed by atoms with E-state index in [1.807, 2.05) is 0 Å². The highest BCUT2D eigenvalue weighted by atomic mass is 16.5. The quantitative estimate of drug-likeness (QED) is 0.803. The van der Waals surface area contributed by atoms with Gasteiger partial charge in [0.2, 0.25) is 5.91 Å². The van der Waals surface area contributed by atoms with Crippen LogP contribution < -0.4 is 14.8 Å². The lowest BCUT2D eigenvalue weighted by Gasteiger charge is -2.20. The van der Waals surface area contributed by atoms with Gasteiger partial charge in [-0.25, -0.2) is 0 Å². The molecule has 0 aliphatic heterocycles. The Balaban J connectivity index is 3.07. The van der Waals surface area contributed by atoms with E-state index < -0.39 is 12.0 Å². The van der Waals surface area contributed by atoms with Crippen LogP contribution >= 0.6 is 0 Å². The maximum Gasteiger partial charge on any atom is 0.305 e. The molecule has 0 heterocycles. The van der Waals surface area contributed by atoms with E-state index in [2.05, 4.69) is 5.32 Å². The van der Waals surface area contributed by atoms with E-state index in [4.69, 9.17) is 14.6 Å². The molecule has 0 radical (unpaired) electrons. The second kappa shape index (κ2) is 7.52. The highest BCUT2D eigenvalue weighted by molar-refractivity contribution is 5.79. The van der Waals surface area contributed by atoms with Gasteiger partial charge in [0, 0.05) is 5.92 Å². The molecule has 0 fully saturated rings. The molecule has 1 aromatic rings. The molecule has 1 amide bonds. The monoisotopic (exact) mass is 295 g/mol. The van der Waals surface area contributed by atoms with Crippen molar-refractivity contribution in [3.05, 3.63) is 23.8 Å². The summed E-state index contributed by atoms with van der Waals surface area (Å²) in [6.07, 6.45) is -0.200. The van der Waals surface area contributed by atoms with Crippen LogP contribution in [0.2, 0.25) is 0 Å². The Morgan fingerprint density at radius 2 is 1.81 bits per heavy atom. The molecular formula is C15H21NO5. The second-order valence-electron chi connectivity index (χ2n) is 4.93. The van der Waals surface area contributed by atoms with Crippen LogP contribution in [0.25, 0.3) is 0 Å². The van der Waals surface area contributed by atoms with Crippen molar-refractivity contribution in [2.45, 2.75) is 26.3 Å². The minimum Gasteiger partial charge on any atom is -0.493 e. The first-order valence-electron chi connectivity index (χ1n) is 6.63. The average Bonchev–Trinajstić information content (AvgIpc) is 2.45. The van der Waals surface area contributed by atoms with Crippen LogP contribution in [0, 0.1) is 5.92 Å². The summed E-state index contributed by atoms with van der Waals surface area (Å²) in [5.41, 5.74) is 0.657. The van der Waals surface area contributed by atoms with Gasteiger partial charge in [0.15, 0.2) is 11.5 Å². The second-order valence-corrected chi connectivity index (χ2v) is 4.93. The number of carboxylic acid groups (broad SMARTS) is 1. The van der Waals surface area contributed by atoms with Gasteiger partial charge in [-0.2, -0.15) is 0 Å². The third kappa shape index (κ3) is 4.66. The molecule has 0 saturated heterocycles. The van der Waals surface area contributed by atoms with Gasteiger partial charge in [-0.1, -0.05) is 19.9 Å². The zero-order valence-corrected chi connectivity index (χ0v) is 12.7. The molecule has 1 aromatic carbocycles. The Kier molecular flexibility index (Phi) is 6.02. The summed E-state index contributed by atoms with van der Waals surface area (Å²) in [4.78, 5) is 22.8. The number of ether oxygens (including phenoxy) is 2. The lowest BCUT2D eigenvalue weighted by atomic mass is 10.0. The topological polar surface area (TPSA) is 84.9 Å². The van der Waals surface area contributed by atoms with Gasteiger partial charge in [0.1, 0.15) is 0 Å². The smallest absolute Gasteiger partial charge is 0.305 e. The lowest BCUT2D eigenvalue weighted by Crippen LogP contribution is -2.33. The number of aliphatic carboxylic acids is 1. The molecule has 116 valence electrons. The van der Waals surface area contributed by atoms with Crippen LogP contribution in [0.1, 0.15) is 31.9 Å². The minimum atomic E-state index is -0.987. The molecule has 1 unspecified atom stereocenters. The number of carbonyl (C=O) groups is 2. The molecular weight excluding hydrogens is 274 g/mol. The van der Waals surface area contributed by atoms with E-state index in [1.54, 1.807) is 32.0 Å². The average molecular weight is 295 g/mol. The number of benzene rings is 1. The van der Waals surface area contributed by atoms with E-state index in [0.717, 1.165) is 0 Å². The molecule has 0 bridgehead atoms. The molecule has 0 saturated carbocycles. The van der Waals surface area contributed by atoms with Crippen LogP contribution in [0.15, 0.2) is 18.2 Å². The predicted molar refractivity (Wildman–Crippen MR) is 77.5 cm³/mol. The van der Waals surface area contributed by atoms with E-state index in [9.17, 15) is 9.59 Å². The number of rotatable bonds is 7. The number of amides is 1. The van der Waals surface area contributed by atoms with Gasteiger partial charge in [-0.15, -0.1) is 0 Å². The van der Waals surface area contributed by atoms with E-state index in [-0.39, 0.29) is 18.2 Å². The first kappa shape index (κ1) is 16.8. The van der Waals surface area contributed by atoms with Crippen LogP contribution in [0.3, 0.4) is 0 Å². The summed E-state index contributed by atoms with van der Waals surface area (Å²) in [5.74, 6) is -0.369. The number of hydrogen-bond donors (Lipinski definition) is 2. The Labute approximate surface area is 124 Å². The van der Waals surface area contributed by atoms with Crippen molar-refractivity contribution >= 4 is 11.9 Å². The summed E-state index contributed by atoms with van der Waals surface area (Å²) < 4.78 is 10.3. The summed E-state index contributed by atoms with van der Waals surface area (Å²) in [5, 5.41) is 11.8. The van der Waals surface area contributed by atoms with Gasteiger partial charge >= 0.3 is 5.97 Å². The van der Waals surface area contributed by atoms with Gasteiger partial charge in [-0.05, 0) is 17.7 Å². The number of carbonyl (C=O) groups excluding carboxylic acids is 1. The van der Waals surface area contributed by atoms with Gasteiger partial charge < -0.3 is 19.9 Å². The van der Waals surface area contributed by atoms with Crippen molar-refractivity contribution in [2.75, 3.05) is 14.2 Å². The van der Waals surface area contributed by atoms with Gasteiger partial charge in [0.05, 0.1) is 26.7 Å². The van der Waals surface area contributed by atoms with Gasteiger partial charge in [0.25, 0.3) is 0 Å². The summed E-state index contributed by atoms with van der Waals surface area (Å²) in [7, 11) is 3.02. The fourth-order valence-electron chi connectivity index (χ4n) is 1.83. The van der Waals surface area contributed by atoms with E-state index in [1.165, 1.54) is 14.2 Å². The molecule has 0 aliphatic carbocycles.